The number of benzene rings is 2. The molecule has 1 atom stereocenters. The van der Waals surface area contributed by atoms with Crippen LogP contribution in [0.4, 0.5) is 10.8 Å². The molecule has 0 bridgehead atoms. The molecule has 0 radical (unpaired) electrons. The summed E-state index contributed by atoms with van der Waals surface area (Å²) < 4.78 is 11.3. The van der Waals surface area contributed by atoms with E-state index >= 15 is 0 Å². The second-order valence-corrected chi connectivity index (χ2v) is 10.7. The number of carbonyl (C=O) groups excluding carboxylic acids is 3. The zero-order chi connectivity index (χ0) is 28.5. The number of para-hydroxylation sites is 1. The number of thiazole rings is 1. The molecule has 0 fully saturated rings. The minimum atomic E-state index is -1.89. The van der Waals surface area contributed by atoms with E-state index in [1.165, 1.54) is 9.80 Å². The highest BCUT2D eigenvalue weighted by atomic mass is 32.1. The first kappa shape index (κ1) is 25.7. The maximum atomic E-state index is 14.6. The number of nitrogens with zero attached hydrogens (tertiary/aromatic N) is 3. The summed E-state index contributed by atoms with van der Waals surface area (Å²) in [5.41, 5.74) is 0.899. The molecule has 0 saturated carbocycles. The van der Waals surface area contributed by atoms with Crippen LogP contribution in [0.25, 0.3) is 11.0 Å². The van der Waals surface area contributed by atoms with Crippen molar-refractivity contribution in [1.82, 2.24) is 4.98 Å². The minimum absolute atomic E-state index is 0.0668. The summed E-state index contributed by atoms with van der Waals surface area (Å²) in [5.74, 6) is -2.02. The summed E-state index contributed by atoms with van der Waals surface area (Å²) in [4.78, 5) is 63.3. The Kier molecular flexibility index (Phi) is 5.77. The number of esters is 1. The van der Waals surface area contributed by atoms with Crippen LogP contribution in [0, 0.1) is 20.8 Å². The lowest BCUT2D eigenvalue weighted by molar-refractivity contribution is -0.121. The third-order valence-corrected chi connectivity index (χ3v) is 8.61. The molecule has 2 aromatic carbocycles. The molecule has 40 heavy (non-hydrogen) atoms. The summed E-state index contributed by atoms with van der Waals surface area (Å²) in [5, 5.41) is 0.349. The second kappa shape index (κ2) is 8.99. The highest BCUT2D eigenvalue weighted by molar-refractivity contribution is 7.17. The molecule has 202 valence electrons. The average Bonchev–Trinajstić information content (AvgIpc) is 3.51. The van der Waals surface area contributed by atoms with E-state index in [-0.39, 0.29) is 45.5 Å². The Balaban J connectivity index is 1.73. The number of hydrogen-bond acceptors (Lipinski definition) is 8. The van der Waals surface area contributed by atoms with Crippen molar-refractivity contribution in [2.24, 2.45) is 0 Å². The lowest BCUT2D eigenvalue weighted by Crippen LogP contribution is -2.53. The van der Waals surface area contributed by atoms with Crippen LogP contribution >= 0.6 is 11.3 Å². The molecular weight excluding hydrogens is 530 g/mol. The summed E-state index contributed by atoms with van der Waals surface area (Å²) in [6.07, 6.45) is 1.58. The summed E-state index contributed by atoms with van der Waals surface area (Å²) in [6.45, 7) is 11.2. The highest BCUT2D eigenvalue weighted by Crippen LogP contribution is 2.54. The molecule has 2 aromatic heterocycles. The van der Waals surface area contributed by atoms with Crippen LogP contribution in [-0.2, 0) is 15.1 Å². The molecule has 10 heteroatoms. The smallest absolute Gasteiger partial charge is 0.350 e. The van der Waals surface area contributed by atoms with Crippen molar-refractivity contribution in [1.29, 1.82) is 0 Å². The molecule has 2 aliphatic rings. The first-order valence-electron chi connectivity index (χ1n) is 12.8. The number of aryl methyl sites for hydroxylation is 3. The van der Waals surface area contributed by atoms with Gasteiger partial charge in [-0.2, -0.15) is 0 Å². The van der Waals surface area contributed by atoms with Crippen LogP contribution in [0.5, 0.6) is 0 Å². The van der Waals surface area contributed by atoms with E-state index in [2.05, 4.69) is 11.6 Å². The Labute approximate surface area is 233 Å². The van der Waals surface area contributed by atoms with E-state index in [1.807, 2.05) is 13.8 Å². The van der Waals surface area contributed by atoms with Crippen molar-refractivity contribution in [2.75, 3.05) is 23.0 Å². The van der Waals surface area contributed by atoms with Crippen molar-refractivity contribution in [3.8, 4) is 0 Å². The fourth-order valence-electron chi connectivity index (χ4n) is 5.59. The van der Waals surface area contributed by atoms with E-state index in [1.54, 1.807) is 56.3 Å². The highest BCUT2D eigenvalue weighted by Gasteiger charge is 2.66. The van der Waals surface area contributed by atoms with Crippen LogP contribution in [0.15, 0.2) is 58.3 Å². The van der Waals surface area contributed by atoms with Gasteiger partial charge in [-0.15, -0.1) is 6.58 Å². The lowest BCUT2D eigenvalue weighted by atomic mass is 9.84. The molecule has 0 N–H and O–H groups in total. The first-order chi connectivity index (χ1) is 19.2. The summed E-state index contributed by atoms with van der Waals surface area (Å²) in [7, 11) is 0. The zero-order valence-corrected chi connectivity index (χ0v) is 23.2. The van der Waals surface area contributed by atoms with Gasteiger partial charge in [-0.3, -0.25) is 19.3 Å². The Morgan fingerprint density at radius 3 is 2.60 bits per heavy atom. The molecule has 1 spiro atoms. The fraction of sp³-hybridized carbons (Fsp3) is 0.233. The molecule has 4 aromatic rings. The third kappa shape index (κ3) is 3.22. The van der Waals surface area contributed by atoms with Gasteiger partial charge in [-0.25, -0.2) is 9.78 Å². The number of fused-ring (bicyclic) bond motifs is 5. The summed E-state index contributed by atoms with van der Waals surface area (Å²) >= 11 is 0.931. The molecule has 1 unspecified atom stereocenters. The van der Waals surface area contributed by atoms with Crippen LogP contribution in [0.2, 0.25) is 0 Å². The van der Waals surface area contributed by atoms with E-state index in [0.717, 1.165) is 22.5 Å². The predicted molar refractivity (Wildman–Crippen MR) is 151 cm³/mol. The van der Waals surface area contributed by atoms with Gasteiger partial charge in [0.2, 0.25) is 5.76 Å². The van der Waals surface area contributed by atoms with Crippen molar-refractivity contribution >= 4 is 50.9 Å². The number of amides is 2. The maximum Gasteiger partial charge on any atom is 0.350 e. The lowest BCUT2D eigenvalue weighted by Gasteiger charge is -2.32. The Morgan fingerprint density at radius 1 is 1.15 bits per heavy atom. The number of aromatic nitrogens is 1. The van der Waals surface area contributed by atoms with E-state index < -0.39 is 28.8 Å². The van der Waals surface area contributed by atoms with Gasteiger partial charge in [0, 0.05) is 12.1 Å². The van der Waals surface area contributed by atoms with E-state index in [9.17, 15) is 19.2 Å². The monoisotopic (exact) mass is 555 g/mol. The molecule has 9 nitrogen and oxygen atoms in total. The van der Waals surface area contributed by atoms with Crippen molar-refractivity contribution < 1.29 is 23.5 Å². The van der Waals surface area contributed by atoms with Crippen molar-refractivity contribution in [3.05, 3.63) is 97.9 Å². The topological polar surface area (TPSA) is 110 Å². The number of carbonyl (C=O) groups is 3. The van der Waals surface area contributed by atoms with Gasteiger partial charge in [-0.05, 0) is 57.0 Å². The Morgan fingerprint density at radius 2 is 1.88 bits per heavy atom. The molecule has 2 aliphatic heterocycles. The maximum absolute atomic E-state index is 14.6. The van der Waals surface area contributed by atoms with Gasteiger partial charge in [-0.1, -0.05) is 35.6 Å². The zero-order valence-electron chi connectivity index (χ0n) is 22.4. The molecule has 6 rings (SSSR count). The third-order valence-electron chi connectivity index (χ3n) is 7.49. The minimum Gasteiger partial charge on any atom is -0.462 e. The fourth-order valence-corrected chi connectivity index (χ4v) is 6.60. The van der Waals surface area contributed by atoms with Gasteiger partial charge in [0.25, 0.3) is 11.8 Å². The van der Waals surface area contributed by atoms with Crippen LogP contribution in [0.3, 0.4) is 0 Å². The number of hydrogen-bond donors (Lipinski definition) is 0. The number of anilines is 2. The second-order valence-electron chi connectivity index (χ2n) is 9.77. The first-order valence-corrected chi connectivity index (χ1v) is 13.6. The molecule has 0 saturated heterocycles. The predicted octanol–water partition coefficient (Wildman–Crippen LogP) is 4.79. The number of rotatable bonds is 5. The van der Waals surface area contributed by atoms with Crippen molar-refractivity contribution in [3.63, 3.8) is 0 Å². The van der Waals surface area contributed by atoms with Gasteiger partial charge in [0.05, 0.1) is 28.9 Å². The normalized spacial score (nSPS) is 17.6. The van der Waals surface area contributed by atoms with E-state index in [4.69, 9.17) is 9.15 Å². The van der Waals surface area contributed by atoms with Crippen molar-refractivity contribution in [2.45, 2.75) is 33.2 Å². The summed E-state index contributed by atoms with van der Waals surface area (Å²) in [6, 6.07) is 10.5. The van der Waals surface area contributed by atoms with Crippen LogP contribution < -0.4 is 15.2 Å². The number of ether oxygens (including phenoxy) is 1. The average molecular weight is 556 g/mol. The Bertz CT molecular complexity index is 1850. The Hall–Kier alpha value is -4.57. The standard InChI is InChI=1S/C30H25N3O6S/c1-6-12-32-20-11-9-8-10-19(20)30(28(32)37)22-23(34)18-13-15(3)16(4)14-21(18)39-24(22)26(35)33(30)29-31-17(5)25(40-29)27(36)38-7-2/h6,8-11,13-14H,1,7,12H2,2-5H3. The van der Waals surface area contributed by atoms with Crippen LogP contribution in [-0.4, -0.2) is 35.9 Å². The van der Waals surface area contributed by atoms with Gasteiger partial charge in [0.15, 0.2) is 16.1 Å². The molecule has 4 heterocycles. The quantitative estimate of drug-likeness (QED) is 0.257. The SMILES string of the molecule is C=CCN1C(=O)C2(c3ccccc31)c1c(oc3cc(C)c(C)cc3c1=O)C(=O)N2c1nc(C)c(C(=O)OCC)s1. The van der Waals surface area contributed by atoms with E-state index in [0.29, 0.717) is 16.9 Å². The molecule has 2 amide bonds. The van der Waals surface area contributed by atoms with Gasteiger partial charge < -0.3 is 14.1 Å². The largest absolute Gasteiger partial charge is 0.462 e. The van der Waals surface area contributed by atoms with Gasteiger partial charge >= 0.3 is 5.97 Å². The van der Waals surface area contributed by atoms with Crippen LogP contribution in [0.1, 0.15) is 55.1 Å². The molecular formula is C30H25N3O6S. The molecule has 0 aliphatic carbocycles. The van der Waals surface area contributed by atoms with Gasteiger partial charge in [0.1, 0.15) is 10.5 Å².